The first-order chi connectivity index (χ1) is 10.2. The summed E-state index contributed by atoms with van der Waals surface area (Å²) >= 11 is 0. The largest absolute Gasteiger partial charge is 0.449 e. The molecular formula is C17H14N3O+. The molecule has 4 nitrogen and oxygen atoms in total. The summed E-state index contributed by atoms with van der Waals surface area (Å²) in [5.74, 6) is 1.05. The van der Waals surface area contributed by atoms with Gasteiger partial charge < -0.3 is 4.42 Å². The Morgan fingerprint density at radius 2 is 2.00 bits per heavy atom. The maximum Gasteiger partial charge on any atom is 0.261 e. The minimum absolute atomic E-state index is 0.767. The molecule has 0 saturated carbocycles. The SMILES string of the molecule is Cc1nc(C)n2c1-c1cccc3oc4ccc[n+](c4c13)C2. The van der Waals surface area contributed by atoms with Crippen LogP contribution in [0.2, 0.25) is 0 Å². The van der Waals surface area contributed by atoms with Crippen LogP contribution < -0.4 is 4.57 Å². The number of hydrogen-bond donors (Lipinski definition) is 0. The van der Waals surface area contributed by atoms with Gasteiger partial charge in [-0.25, -0.2) is 4.98 Å². The third-order valence-corrected chi connectivity index (χ3v) is 4.40. The van der Waals surface area contributed by atoms with Crippen LogP contribution in [0.3, 0.4) is 0 Å². The van der Waals surface area contributed by atoms with Gasteiger partial charge >= 0.3 is 0 Å². The minimum atomic E-state index is 0.767. The van der Waals surface area contributed by atoms with Gasteiger partial charge in [-0.2, -0.15) is 4.57 Å². The van der Waals surface area contributed by atoms with Crippen molar-refractivity contribution in [2.45, 2.75) is 20.5 Å². The first-order valence-corrected chi connectivity index (χ1v) is 7.12. The maximum atomic E-state index is 6.02. The van der Waals surface area contributed by atoms with E-state index in [9.17, 15) is 0 Å². The van der Waals surface area contributed by atoms with Crippen molar-refractivity contribution in [1.82, 2.24) is 9.55 Å². The highest BCUT2D eigenvalue weighted by molar-refractivity contribution is 6.09. The molecule has 1 aliphatic heterocycles. The molecule has 0 spiro atoms. The van der Waals surface area contributed by atoms with Gasteiger partial charge in [0, 0.05) is 11.6 Å². The van der Waals surface area contributed by atoms with Crippen molar-refractivity contribution in [3.05, 3.63) is 48.0 Å². The van der Waals surface area contributed by atoms with Crippen molar-refractivity contribution in [3.63, 3.8) is 0 Å². The number of furan rings is 1. The zero-order chi connectivity index (χ0) is 14.1. The highest BCUT2D eigenvalue weighted by Gasteiger charge is 2.28. The number of aryl methyl sites for hydroxylation is 2. The number of hydrogen-bond acceptors (Lipinski definition) is 2. The summed E-state index contributed by atoms with van der Waals surface area (Å²) in [5.41, 5.74) is 6.53. The van der Waals surface area contributed by atoms with E-state index in [4.69, 9.17) is 4.42 Å². The molecule has 0 radical (unpaired) electrons. The summed E-state index contributed by atoms with van der Waals surface area (Å²) in [4.78, 5) is 4.66. The summed E-state index contributed by atoms with van der Waals surface area (Å²) in [5, 5.41) is 1.19. The number of rotatable bonds is 0. The second kappa shape index (κ2) is 3.52. The zero-order valence-electron chi connectivity index (χ0n) is 11.9. The lowest BCUT2D eigenvalue weighted by Gasteiger charge is -2.05. The fraction of sp³-hybridized carbons (Fsp3) is 0.176. The molecule has 102 valence electrons. The summed E-state index contributed by atoms with van der Waals surface area (Å²) in [6.45, 7) is 4.91. The molecule has 4 aromatic rings. The topological polar surface area (TPSA) is 34.8 Å². The summed E-state index contributed by atoms with van der Waals surface area (Å²) in [7, 11) is 0. The number of imidazole rings is 1. The molecule has 0 bridgehead atoms. The predicted molar refractivity (Wildman–Crippen MR) is 80.0 cm³/mol. The van der Waals surface area contributed by atoms with Crippen LogP contribution in [0.5, 0.6) is 0 Å². The van der Waals surface area contributed by atoms with Gasteiger partial charge in [-0.1, -0.05) is 12.1 Å². The van der Waals surface area contributed by atoms with Gasteiger partial charge in [0.2, 0.25) is 6.67 Å². The Bertz CT molecular complexity index is 1040. The van der Waals surface area contributed by atoms with E-state index in [0.717, 1.165) is 29.4 Å². The monoisotopic (exact) mass is 276 g/mol. The van der Waals surface area contributed by atoms with Crippen LogP contribution in [0.4, 0.5) is 0 Å². The second-order valence-electron chi connectivity index (χ2n) is 5.63. The van der Waals surface area contributed by atoms with Crippen LogP contribution in [0, 0.1) is 13.8 Å². The molecule has 3 aromatic heterocycles. The summed E-state index contributed by atoms with van der Waals surface area (Å²) in [6, 6.07) is 10.3. The van der Waals surface area contributed by atoms with Gasteiger partial charge in [0.25, 0.3) is 5.52 Å². The number of fused-ring (bicyclic) bond motifs is 2. The van der Waals surface area contributed by atoms with Crippen molar-refractivity contribution in [2.75, 3.05) is 0 Å². The third-order valence-electron chi connectivity index (χ3n) is 4.40. The Morgan fingerprint density at radius 1 is 1.14 bits per heavy atom. The van der Waals surface area contributed by atoms with E-state index in [-0.39, 0.29) is 0 Å². The molecule has 0 fully saturated rings. The van der Waals surface area contributed by atoms with Crippen LogP contribution >= 0.6 is 0 Å². The van der Waals surface area contributed by atoms with Crippen molar-refractivity contribution >= 4 is 22.1 Å². The Labute approximate surface area is 121 Å². The first-order valence-electron chi connectivity index (χ1n) is 7.12. The summed E-state index contributed by atoms with van der Waals surface area (Å²) < 4.78 is 10.5. The van der Waals surface area contributed by atoms with Crippen LogP contribution in [-0.4, -0.2) is 9.55 Å². The van der Waals surface area contributed by atoms with Gasteiger partial charge in [0.15, 0.2) is 11.8 Å². The molecule has 0 unspecified atom stereocenters. The summed E-state index contributed by atoms with van der Waals surface area (Å²) in [6.07, 6.45) is 2.11. The van der Waals surface area contributed by atoms with Gasteiger partial charge in [-0.05, 0) is 26.0 Å². The van der Waals surface area contributed by atoms with Gasteiger partial charge in [0.1, 0.15) is 16.8 Å². The molecule has 5 rings (SSSR count). The van der Waals surface area contributed by atoms with E-state index in [1.54, 1.807) is 0 Å². The van der Waals surface area contributed by atoms with Crippen LogP contribution in [-0.2, 0) is 6.67 Å². The van der Waals surface area contributed by atoms with E-state index in [1.165, 1.54) is 22.2 Å². The van der Waals surface area contributed by atoms with Gasteiger partial charge in [0.05, 0.1) is 11.4 Å². The molecule has 4 heterocycles. The molecule has 0 amide bonds. The zero-order valence-corrected chi connectivity index (χ0v) is 11.9. The minimum Gasteiger partial charge on any atom is -0.449 e. The predicted octanol–water partition coefficient (Wildman–Crippen LogP) is 3.17. The number of pyridine rings is 1. The molecular weight excluding hydrogens is 262 g/mol. The normalized spacial score (nSPS) is 13.0. The van der Waals surface area contributed by atoms with E-state index < -0.39 is 0 Å². The van der Waals surface area contributed by atoms with Crippen LogP contribution in [0.1, 0.15) is 11.5 Å². The van der Waals surface area contributed by atoms with E-state index in [2.05, 4.69) is 46.3 Å². The lowest BCUT2D eigenvalue weighted by Crippen LogP contribution is -2.37. The van der Waals surface area contributed by atoms with Crippen LogP contribution in [0.15, 0.2) is 40.9 Å². The van der Waals surface area contributed by atoms with Crippen molar-refractivity contribution in [1.29, 1.82) is 0 Å². The van der Waals surface area contributed by atoms with Gasteiger partial charge in [-0.3, -0.25) is 4.57 Å². The number of aromatic nitrogens is 3. The Kier molecular flexibility index (Phi) is 1.86. The van der Waals surface area contributed by atoms with Gasteiger partial charge in [-0.15, -0.1) is 0 Å². The van der Waals surface area contributed by atoms with E-state index in [0.29, 0.717) is 0 Å². The van der Waals surface area contributed by atoms with Crippen LogP contribution in [0.25, 0.3) is 33.3 Å². The van der Waals surface area contributed by atoms with E-state index >= 15 is 0 Å². The van der Waals surface area contributed by atoms with E-state index in [1.807, 2.05) is 18.2 Å². The quantitative estimate of drug-likeness (QED) is 0.407. The molecule has 4 heteroatoms. The average molecular weight is 276 g/mol. The molecule has 1 aromatic carbocycles. The molecule has 0 saturated heterocycles. The lowest BCUT2D eigenvalue weighted by atomic mass is 10.1. The number of nitrogens with zero attached hydrogens (tertiary/aromatic N) is 3. The van der Waals surface area contributed by atoms with Crippen molar-refractivity contribution in [2.24, 2.45) is 0 Å². The van der Waals surface area contributed by atoms with Crippen molar-refractivity contribution in [3.8, 4) is 11.3 Å². The third kappa shape index (κ3) is 1.25. The number of benzene rings is 1. The Hall–Kier alpha value is -2.62. The maximum absolute atomic E-state index is 6.02. The highest BCUT2D eigenvalue weighted by Crippen LogP contribution is 2.37. The first kappa shape index (κ1) is 11.1. The highest BCUT2D eigenvalue weighted by atomic mass is 16.3. The average Bonchev–Trinajstić information content (AvgIpc) is 2.91. The smallest absolute Gasteiger partial charge is 0.261 e. The molecule has 0 atom stereocenters. The van der Waals surface area contributed by atoms with Crippen molar-refractivity contribution < 1.29 is 8.98 Å². The fourth-order valence-electron chi connectivity index (χ4n) is 3.55. The second-order valence-corrected chi connectivity index (χ2v) is 5.63. The Balaban J connectivity index is 2.11. The molecule has 21 heavy (non-hydrogen) atoms. The molecule has 1 aliphatic rings. The lowest BCUT2D eigenvalue weighted by molar-refractivity contribution is -0.675. The standard InChI is InChI=1S/C17H14N3O/c1-10-16-12-5-3-6-13-15(12)17-14(21-13)7-4-8-19(17)9-20(16)11(2)18-10/h3-8H,9H2,1-2H3/q+1. The fourth-order valence-corrected chi connectivity index (χ4v) is 3.55. The molecule has 0 aliphatic carbocycles. The molecule has 0 N–H and O–H groups in total. The Morgan fingerprint density at radius 3 is 2.90 bits per heavy atom.